The Morgan fingerprint density at radius 1 is 1.12 bits per heavy atom. The van der Waals surface area contributed by atoms with Gasteiger partial charge in [0, 0.05) is 10.7 Å². The van der Waals surface area contributed by atoms with Crippen molar-refractivity contribution in [2.24, 2.45) is 35.5 Å². The second kappa shape index (κ2) is 4.85. The van der Waals surface area contributed by atoms with E-state index in [1.807, 2.05) is 25.1 Å². The Hall–Kier alpha value is -1.81. The second-order valence-corrected chi connectivity index (χ2v) is 7.99. The van der Waals surface area contributed by atoms with E-state index in [9.17, 15) is 9.59 Å². The van der Waals surface area contributed by atoms with Gasteiger partial charge in [0.2, 0.25) is 11.8 Å². The minimum absolute atomic E-state index is 0.00174. The predicted molar refractivity (Wildman–Crippen MR) is 91.2 cm³/mol. The van der Waals surface area contributed by atoms with Crippen LogP contribution in [0, 0.1) is 42.4 Å². The van der Waals surface area contributed by atoms with Gasteiger partial charge >= 0.3 is 0 Å². The molecule has 0 aromatic heterocycles. The number of nitrogens with one attached hydrogen (secondary N) is 1. The molecule has 24 heavy (non-hydrogen) atoms. The third kappa shape index (κ3) is 1.86. The molecule has 2 bridgehead atoms. The van der Waals surface area contributed by atoms with Gasteiger partial charge in [-0.25, -0.2) is 0 Å². The normalized spacial score (nSPS) is 38.3. The number of carbonyl (C=O) groups is 2. The molecule has 4 nitrogen and oxygen atoms in total. The zero-order valence-corrected chi connectivity index (χ0v) is 14.2. The highest BCUT2D eigenvalue weighted by molar-refractivity contribution is 6.30. The number of aryl methyl sites for hydroxylation is 1. The molecular weight excluding hydrogens is 324 g/mol. The summed E-state index contributed by atoms with van der Waals surface area (Å²) < 4.78 is 0. The van der Waals surface area contributed by atoms with E-state index in [1.165, 1.54) is 11.3 Å². The smallest absolute Gasteiger partial charge is 0.235 e. The van der Waals surface area contributed by atoms with Crippen molar-refractivity contribution in [3.8, 4) is 0 Å². The van der Waals surface area contributed by atoms with Gasteiger partial charge in [-0.3, -0.25) is 14.5 Å². The Balaban J connectivity index is 1.38. The molecule has 2 amide bonds. The fraction of sp³-hybridized carbons (Fsp3) is 0.474. The van der Waals surface area contributed by atoms with Gasteiger partial charge < -0.3 is 5.32 Å². The van der Waals surface area contributed by atoms with Gasteiger partial charge in [0.15, 0.2) is 0 Å². The van der Waals surface area contributed by atoms with Crippen molar-refractivity contribution in [3.05, 3.63) is 40.9 Å². The van der Waals surface area contributed by atoms with Gasteiger partial charge in [-0.05, 0) is 54.7 Å². The average molecular weight is 343 g/mol. The average Bonchev–Trinajstić information content (AvgIpc) is 3.35. The van der Waals surface area contributed by atoms with Crippen LogP contribution < -0.4 is 5.32 Å². The largest absolute Gasteiger partial charge is 0.367 e. The number of nitrogens with zero attached hydrogens (tertiary/aromatic N) is 1. The highest BCUT2D eigenvalue weighted by Gasteiger charge is 2.66. The summed E-state index contributed by atoms with van der Waals surface area (Å²) in [5.41, 5.74) is 1.90. The zero-order chi connectivity index (χ0) is 16.6. The van der Waals surface area contributed by atoms with E-state index in [0.717, 1.165) is 11.3 Å². The fourth-order valence-corrected chi connectivity index (χ4v) is 5.30. The van der Waals surface area contributed by atoms with E-state index < -0.39 is 0 Å². The molecule has 0 radical (unpaired) electrons. The number of imide groups is 1. The van der Waals surface area contributed by atoms with Crippen molar-refractivity contribution < 1.29 is 9.59 Å². The van der Waals surface area contributed by atoms with E-state index in [4.69, 9.17) is 11.6 Å². The van der Waals surface area contributed by atoms with Crippen molar-refractivity contribution in [1.82, 2.24) is 4.90 Å². The first kappa shape index (κ1) is 14.5. The predicted octanol–water partition coefficient (Wildman–Crippen LogP) is 3.07. The highest BCUT2D eigenvalue weighted by atomic mass is 35.5. The number of rotatable bonds is 3. The Morgan fingerprint density at radius 3 is 2.38 bits per heavy atom. The Labute approximate surface area is 145 Å². The van der Waals surface area contributed by atoms with E-state index in [0.29, 0.717) is 16.9 Å². The van der Waals surface area contributed by atoms with Crippen LogP contribution in [0.4, 0.5) is 5.69 Å². The van der Waals surface area contributed by atoms with E-state index in [1.54, 1.807) is 0 Å². The summed E-state index contributed by atoms with van der Waals surface area (Å²) >= 11 is 6.04. The molecule has 1 aliphatic heterocycles. The lowest BCUT2D eigenvalue weighted by Gasteiger charge is -2.37. The molecule has 5 aliphatic rings. The van der Waals surface area contributed by atoms with E-state index in [2.05, 4.69) is 17.5 Å². The lowest BCUT2D eigenvalue weighted by Crippen LogP contribution is -2.40. The van der Waals surface area contributed by atoms with Gasteiger partial charge in [-0.15, -0.1) is 0 Å². The standard InChI is InChI=1S/C19H19ClN2O2/c1-9-2-3-10(20)6-15(9)21-8-22-18(23)16-11-4-5-12(14-7-13(11)14)17(16)19(22)24/h2-6,11-14,16-17,21H,7-8H2,1H3/t11-,12-,13-,14-,16-,17+/m1/s1. The molecule has 124 valence electrons. The molecular formula is C19H19ClN2O2. The van der Waals surface area contributed by atoms with Gasteiger partial charge in [-0.1, -0.05) is 29.8 Å². The van der Waals surface area contributed by atoms with Gasteiger partial charge in [-0.2, -0.15) is 0 Å². The fourth-order valence-electron chi connectivity index (χ4n) is 5.12. The molecule has 3 fully saturated rings. The van der Waals surface area contributed by atoms with Crippen LogP contribution in [0.2, 0.25) is 5.02 Å². The number of carbonyl (C=O) groups excluding carboxylic acids is 2. The third-order valence-corrected chi connectivity index (χ3v) is 6.62. The van der Waals surface area contributed by atoms with Gasteiger partial charge in [0.05, 0.1) is 18.5 Å². The first-order chi connectivity index (χ1) is 11.6. The summed E-state index contributed by atoms with van der Waals surface area (Å²) in [6.07, 6.45) is 5.59. The summed E-state index contributed by atoms with van der Waals surface area (Å²) in [4.78, 5) is 27.2. The molecule has 1 N–H and O–H groups in total. The first-order valence-electron chi connectivity index (χ1n) is 8.60. The number of hydrogen-bond donors (Lipinski definition) is 1. The SMILES string of the molecule is Cc1ccc(Cl)cc1NCN1C(=O)[C@@H]2[C@@H]3C=C[C@H]([C@H]4C[C@H]34)[C@@H]2C1=O. The van der Waals surface area contributed by atoms with Crippen molar-refractivity contribution in [2.45, 2.75) is 13.3 Å². The molecule has 1 aromatic rings. The minimum Gasteiger partial charge on any atom is -0.367 e. The monoisotopic (exact) mass is 342 g/mol. The number of hydrogen-bond acceptors (Lipinski definition) is 3. The summed E-state index contributed by atoms with van der Waals surface area (Å²) in [7, 11) is 0. The summed E-state index contributed by atoms with van der Waals surface area (Å²) in [5.74, 6) is 1.58. The summed E-state index contributed by atoms with van der Waals surface area (Å²) in [6, 6.07) is 5.59. The molecule has 6 atom stereocenters. The Kier molecular flexibility index (Phi) is 2.94. The van der Waals surface area contributed by atoms with Crippen molar-refractivity contribution in [2.75, 3.05) is 12.0 Å². The van der Waals surface area contributed by atoms with Crippen molar-refractivity contribution >= 4 is 29.1 Å². The van der Waals surface area contributed by atoms with Crippen LogP contribution in [0.15, 0.2) is 30.4 Å². The molecule has 6 rings (SSSR count). The zero-order valence-electron chi connectivity index (χ0n) is 13.4. The molecule has 1 heterocycles. The van der Waals surface area contributed by atoms with Gasteiger partial charge in [0.1, 0.15) is 0 Å². The van der Waals surface area contributed by atoms with Crippen LogP contribution >= 0.6 is 11.6 Å². The van der Waals surface area contributed by atoms with Crippen LogP contribution in [0.5, 0.6) is 0 Å². The van der Waals surface area contributed by atoms with E-state index in [-0.39, 0.29) is 42.2 Å². The number of amides is 2. The molecule has 0 unspecified atom stereocenters. The number of halogens is 1. The highest BCUT2D eigenvalue weighted by Crippen LogP contribution is 2.65. The number of likely N-dealkylation sites (tertiary alicyclic amines) is 1. The second-order valence-electron chi connectivity index (χ2n) is 7.55. The van der Waals surface area contributed by atoms with Crippen LogP contribution in [0.1, 0.15) is 12.0 Å². The van der Waals surface area contributed by atoms with Crippen LogP contribution in [0.3, 0.4) is 0 Å². The van der Waals surface area contributed by atoms with Crippen molar-refractivity contribution in [3.63, 3.8) is 0 Å². The number of benzene rings is 1. The molecule has 5 heteroatoms. The molecule has 1 aromatic carbocycles. The maximum Gasteiger partial charge on any atom is 0.235 e. The first-order valence-corrected chi connectivity index (χ1v) is 8.97. The summed E-state index contributed by atoms with van der Waals surface area (Å²) in [5, 5.41) is 3.86. The van der Waals surface area contributed by atoms with Crippen LogP contribution in [0.25, 0.3) is 0 Å². The summed E-state index contributed by atoms with van der Waals surface area (Å²) in [6.45, 7) is 2.20. The molecule has 1 saturated heterocycles. The Bertz CT molecular complexity index is 754. The van der Waals surface area contributed by atoms with Crippen molar-refractivity contribution in [1.29, 1.82) is 0 Å². The maximum atomic E-state index is 12.9. The lowest BCUT2D eigenvalue weighted by atomic mass is 9.63. The topological polar surface area (TPSA) is 49.4 Å². The van der Waals surface area contributed by atoms with Gasteiger partial charge in [0.25, 0.3) is 0 Å². The lowest BCUT2D eigenvalue weighted by molar-refractivity contribution is -0.139. The number of allylic oxidation sites excluding steroid dienone is 2. The minimum atomic E-state index is -0.126. The number of anilines is 1. The van der Waals surface area contributed by atoms with E-state index >= 15 is 0 Å². The van der Waals surface area contributed by atoms with Crippen LogP contribution in [-0.2, 0) is 9.59 Å². The molecule has 0 spiro atoms. The quantitative estimate of drug-likeness (QED) is 0.678. The van der Waals surface area contributed by atoms with Crippen LogP contribution in [-0.4, -0.2) is 23.4 Å². The maximum absolute atomic E-state index is 12.9. The molecule has 2 saturated carbocycles. The third-order valence-electron chi connectivity index (χ3n) is 6.38. The molecule has 4 aliphatic carbocycles. The Morgan fingerprint density at radius 2 is 1.75 bits per heavy atom.